The van der Waals surface area contributed by atoms with Crippen molar-refractivity contribution in [3.05, 3.63) is 47.8 Å². The molecule has 0 fully saturated rings. The van der Waals surface area contributed by atoms with Gasteiger partial charge in [-0.3, -0.25) is 4.98 Å². The van der Waals surface area contributed by atoms with Gasteiger partial charge in [-0.2, -0.15) is 0 Å². The largest absolute Gasteiger partial charge is 0.256 e. The molecule has 82 valence electrons. The topological polar surface area (TPSA) is 12.9 Å². The molecule has 0 spiro atoms. The predicted molar refractivity (Wildman–Crippen MR) is 70.0 cm³/mol. The van der Waals surface area contributed by atoms with E-state index >= 15 is 0 Å². The number of terminal acetylenes is 1. The van der Waals surface area contributed by atoms with E-state index < -0.39 is 0 Å². The van der Waals surface area contributed by atoms with E-state index in [0.29, 0.717) is 5.92 Å². The standard InChI is InChI=1S/C15H17N/c1-6-7-12(4)13(5)15-9-8-14(10-16-15)11(2)3/h1,7-11H,5H2,2-4H3/b12-7-. The first kappa shape index (κ1) is 12.3. The molecule has 0 radical (unpaired) electrons. The summed E-state index contributed by atoms with van der Waals surface area (Å²) in [6.45, 7) is 10.2. The van der Waals surface area contributed by atoms with Crippen molar-refractivity contribution in [2.75, 3.05) is 0 Å². The summed E-state index contributed by atoms with van der Waals surface area (Å²) in [5, 5.41) is 0. The van der Waals surface area contributed by atoms with E-state index in [9.17, 15) is 0 Å². The van der Waals surface area contributed by atoms with E-state index in [4.69, 9.17) is 6.42 Å². The van der Waals surface area contributed by atoms with Gasteiger partial charge in [0, 0.05) is 6.20 Å². The first-order valence-electron chi connectivity index (χ1n) is 5.34. The Morgan fingerprint density at radius 2 is 2.19 bits per heavy atom. The molecule has 0 N–H and O–H groups in total. The van der Waals surface area contributed by atoms with Crippen LogP contribution in [-0.4, -0.2) is 4.98 Å². The smallest absolute Gasteiger partial charge is 0.0699 e. The van der Waals surface area contributed by atoms with Crippen LogP contribution in [0, 0.1) is 12.3 Å². The maximum Gasteiger partial charge on any atom is 0.0699 e. The van der Waals surface area contributed by atoms with E-state index in [-0.39, 0.29) is 0 Å². The van der Waals surface area contributed by atoms with Gasteiger partial charge in [0.15, 0.2) is 0 Å². The highest BCUT2D eigenvalue weighted by atomic mass is 14.7. The molecule has 0 saturated heterocycles. The SMILES string of the molecule is C#C/C=C(/C)C(=C)c1ccc(C(C)C)cn1. The van der Waals surface area contributed by atoms with Crippen molar-refractivity contribution in [3.8, 4) is 12.3 Å². The highest BCUT2D eigenvalue weighted by molar-refractivity contribution is 5.75. The summed E-state index contributed by atoms with van der Waals surface area (Å²) in [6.07, 6.45) is 8.83. The van der Waals surface area contributed by atoms with Crippen LogP contribution < -0.4 is 0 Å². The molecule has 0 aliphatic heterocycles. The maximum atomic E-state index is 5.22. The van der Waals surface area contributed by atoms with Crippen molar-refractivity contribution in [2.45, 2.75) is 26.7 Å². The van der Waals surface area contributed by atoms with E-state index in [0.717, 1.165) is 16.8 Å². The zero-order chi connectivity index (χ0) is 12.1. The molecular weight excluding hydrogens is 194 g/mol. The van der Waals surface area contributed by atoms with Crippen LogP contribution in [0.1, 0.15) is 37.9 Å². The van der Waals surface area contributed by atoms with Gasteiger partial charge in [-0.05, 0) is 41.7 Å². The lowest BCUT2D eigenvalue weighted by molar-refractivity contribution is 0.857. The van der Waals surface area contributed by atoms with Gasteiger partial charge in [0.1, 0.15) is 0 Å². The highest BCUT2D eigenvalue weighted by Crippen LogP contribution is 2.20. The van der Waals surface area contributed by atoms with Crippen LogP contribution in [0.4, 0.5) is 0 Å². The number of allylic oxidation sites excluding steroid dienone is 3. The van der Waals surface area contributed by atoms with Crippen molar-refractivity contribution < 1.29 is 0 Å². The normalized spacial score (nSPS) is 11.3. The summed E-state index contributed by atoms with van der Waals surface area (Å²) < 4.78 is 0. The molecule has 0 bridgehead atoms. The van der Waals surface area contributed by atoms with Crippen molar-refractivity contribution in [3.63, 3.8) is 0 Å². The van der Waals surface area contributed by atoms with E-state index in [2.05, 4.69) is 37.4 Å². The lowest BCUT2D eigenvalue weighted by Gasteiger charge is -2.08. The van der Waals surface area contributed by atoms with Gasteiger partial charge in [-0.1, -0.05) is 32.4 Å². The van der Waals surface area contributed by atoms with Gasteiger partial charge in [-0.25, -0.2) is 0 Å². The molecule has 1 aromatic heterocycles. The van der Waals surface area contributed by atoms with E-state index in [1.54, 1.807) is 6.08 Å². The van der Waals surface area contributed by atoms with Crippen LogP contribution in [-0.2, 0) is 0 Å². The molecule has 0 aromatic carbocycles. The van der Waals surface area contributed by atoms with Crippen molar-refractivity contribution in [1.82, 2.24) is 4.98 Å². The number of nitrogens with zero attached hydrogens (tertiary/aromatic N) is 1. The second kappa shape index (κ2) is 5.32. The van der Waals surface area contributed by atoms with Gasteiger partial charge in [0.2, 0.25) is 0 Å². The summed E-state index contributed by atoms with van der Waals surface area (Å²) in [5.41, 5.74) is 3.98. The summed E-state index contributed by atoms with van der Waals surface area (Å²) in [6, 6.07) is 4.08. The number of hydrogen-bond donors (Lipinski definition) is 0. The summed E-state index contributed by atoms with van der Waals surface area (Å²) >= 11 is 0. The molecule has 1 heteroatoms. The molecule has 1 aromatic rings. The molecule has 1 nitrogen and oxygen atoms in total. The van der Waals surface area contributed by atoms with Crippen LogP contribution >= 0.6 is 0 Å². The fourth-order valence-electron chi connectivity index (χ4n) is 1.34. The second-order valence-corrected chi connectivity index (χ2v) is 4.10. The minimum atomic E-state index is 0.497. The molecule has 1 rings (SSSR count). The van der Waals surface area contributed by atoms with Gasteiger partial charge in [0.25, 0.3) is 0 Å². The van der Waals surface area contributed by atoms with Gasteiger partial charge < -0.3 is 0 Å². The number of hydrogen-bond acceptors (Lipinski definition) is 1. The molecule has 16 heavy (non-hydrogen) atoms. The minimum absolute atomic E-state index is 0.497. The molecule has 0 aliphatic carbocycles. The Morgan fingerprint density at radius 3 is 2.62 bits per heavy atom. The minimum Gasteiger partial charge on any atom is -0.256 e. The summed E-state index contributed by atoms with van der Waals surface area (Å²) in [4.78, 5) is 4.39. The fraction of sp³-hybridized carbons (Fsp3) is 0.267. The Labute approximate surface area is 97.9 Å². The average molecular weight is 211 g/mol. The lowest BCUT2D eigenvalue weighted by atomic mass is 10.0. The van der Waals surface area contributed by atoms with Gasteiger partial charge in [-0.15, -0.1) is 6.42 Å². The first-order valence-corrected chi connectivity index (χ1v) is 5.34. The monoisotopic (exact) mass is 211 g/mol. The average Bonchev–Trinajstić information content (AvgIpc) is 2.28. The molecule has 0 atom stereocenters. The van der Waals surface area contributed by atoms with Crippen molar-refractivity contribution in [2.24, 2.45) is 0 Å². The summed E-state index contributed by atoms with van der Waals surface area (Å²) in [7, 11) is 0. The van der Waals surface area contributed by atoms with Crippen LogP contribution in [0.15, 0.2) is 36.6 Å². The van der Waals surface area contributed by atoms with Crippen LogP contribution in [0.25, 0.3) is 5.57 Å². The molecule has 0 saturated carbocycles. The Hall–Kier alpha value is -1.81. The zero-order valence-corrected chi connectivity index (χ0v) is 10.1. The molecule has 0 aliphatic rings. The summed E-state index contributed by atoms with van der Waals surface area (Å²) in [5.74, 6) is 2.99. The van der Waals surface area contributed by atoms with Crippen molar-refractivity contribution in [1.29, 1.82) is 0 Å². The van der Waals surface area contributed by atoms with E-state index in [1.807, 2.05) is 19.2 Å². The third-order valence-electron chi connectivity index (χ3n) is 2.54. The van der Waals surface area contributed by atoms with Crippen LogP contribution in [0.3, 0.4) is 0 Å². The fourth-order valence-corrected chi connectivity index (χ4v) is 1.34. The number of rotatable bonds is 3. The highest BCUT2D eigenvalue weighted by Gasteiger charge is 2.04. The van der Waals surface area contributed by atoms with Gasteiger partial charge >= 0.3 is 0 Å². The zero-order valence-electron chi connectivity index (χ0n) is 10.1. The quantitative estimate of drug-likeness (QED) is 0.547. The Kier molecular flexibility index (Phi) is 4.08. The molecule has 1 heterocycles. The molecule has 0 unspecified atom stereocenters. The third-order valence-corrected chi connectivity index (χ3v) is 2.54. The Balaban J connectivity index is 2.95. The van der Waals surface area contributed by atoms with Crippen LogP contribution in [0.2, 0.25) is 0 Å². The third kappa shape index (κ3) is 2.84. The molecular formula is C15H17N. The second-order valence-electron chi connectivity index (χ2n) is 4.10. The first-order chi connectivity index (χ1) is 7.56. The lowest BCUT2D eigenvalue weighted by Crippen LogP contribution is -1.93. The Bertz CT molecular complexity index is 441. The molecule has 0 amide bonds. The predicted octanol–water partition coefficient (Wildman–Crippen LogP) is 3.80. The number of pyridine rings is 1. The Morgan fingerprint density at radius 1 is 1.50 bits per heavy atom. The van der Waals surface area contributed by atoms with E-state index in [1.165, 1.54) is 5.56 Å². The van der Waals surface area contributed by atoms with Crippen molar-refractivity contribution >= 4 is 5.57 Å². The maximum absolute atomic E-state index is 5.22. The number of aromatic nitrogens is 1. The van der Waals surface area contributed by atoms with Crippen LogP contribution in [0.5, 0.6) is 0 Å². The van der Waals surface area contributed by atoms with Gasteiger partial charge in [0.05, 0.1) is 5.69 Å².